The second-order valence-electron chi connectivity index (χ2n) is 5.29. The van der Waals surface area contributed by atoms with Crippen LogP contribution in [0, 0.1) is 11.7 Å². The number of ether oxygens (including phenoxy) is 2. The lowest BCUT2D eigenvalue weighted by Crippen LogP contribution is -2.38. The predicted octanol–water partition coefficient (Wildman–Crippen LogP) is 0.866. The summed E-state index contributed by atoms with van der Waals surface area (Å²) in [5, 5.41) is 0. The van der Waals surface area contributed by atoms with Crippen molar-refractivity contribution in [2.45, 2.75) is 23.8 Å². The smallest absolute Gasteiger partial charge is 0.244 e. The summed E-state index contributed by atoms with van der Waals surface area (Å²) in [5.74, 6) is -0.190. The Bertz CT molecular complexity index is 605. The predicted molar refractivity (Wildman–Crippen MR) is 79.7 cm³/mol. The number of hydrogen-bond donors (Lipinski definition) is 2. The number of nitrogens with one attached hydrogen (secondary N) is 1. The molecule has 0 amide bonds. The van der Waals surface area contributed by atoms with Gasteiger partial charge in [0.2, 0.25) is 10.0 Å². The lowest BCUT2D eigenvalue weighted by molar-refractivity contribution is 0.144. The first-order valence-electron chi connectivity index (χ1n) is 7.10. The van der Waals surface area contributed by atoms with Crippen LogP contribution in [-0.4, -0.2) is 41.3 Å². The molecule has 1 aliphatic rings. The molecule has 0 radical (unpaired) electrons. The third kappa shape index (κ3) is 4.64. The molecule has 124 valence electrons. The zero-order valence-electron chi connectivity index (χ0n) is 12.4. The summed E-state index contributed by atoms with van der Waals surface area (Å²) in [6.07, 6.45) is 2.04. The van der Waals surface area contributed by atoms with Gasteiger partial charge in [0.1, 0.15) is 23.1 Å². The van der Waals surface area contributed by atoms with Gasteiger partial charge in [-0.2, -0.15) is 0 Å². The molecule has 8 heteroatoms. The second-order valence-corrected chi connectivity index (χ2v) is 7.02. The van der Waals surface area contributed by atoms with E-state index in [9.17, 15) is 12.8 Å². The van der Waals surface area contributed by atoms with E-state index in [1.165, 1.54) is 13.2 Å². The zero-order valence-corrected chi connectivity index (χ0v) is 13.2. The highest BCUT2D eigenvalue weighted by molar-refractivity contribution is 7.89. The molecule has 0 spiro atoms. The molecule has 1 fully saturated rings. The highest BCUT2D eigenvalue weighted by Gasteiger charge is 2.30. The van der Waals surface area contributed by atoms with Gasteiger partial charge in [0.05, 0.1) is 6.61 Å². The van der Waals surface area contributed by atoms with Crippen molar-refractivity contribution in [3.63, 3.8) is 0 Å². The Morgan fingerprint density at radius 1 is 1.41 bits per heavy atom. The number of sulfonamides is 1. The highest BCUT2D eigenvalue weighted by atomic mass is 32.2. The van der Waals surface area contributed by atoms with Crippen molar-refractivity contribution in [2.24, 2.45) is 11.7 Å². The van der Waals surface area contributed by atoms with Gasteiger partial charge in [0.25, 0.3) is 0 Å². The van der Waals surface area contributed by atoms with Gasteiger partial charge in [-0.3, -0.25) is 0 Å². The van der Waals surface area contributed by atoms with E-state index in [4.69, 9.17) is 15.2 Å². The number of hydrogen-bond acceptors (Lipinski definition) is 5. The van der Waals surface area contributed by atoms with E-state index in [0.29, 0.717) is 12.5 Å². The minimum Gasteiger partial charge on any atom is -0.490 e. The first kappa shape index (κ1) is 17.1. The van der Waals surface area contributed by atoms with Gasteiger partial charge in [0.15, 0.2) is 0 Å². The van der Waals surface area contributed by atoms with E-state index in [-0.39, 0.29) is 29.8 Å². The number of benzene rings is 1. The van der Waals surface area contributed by atoms with Crippen molar-refractivity contribution in [1.82, 2.24) is 4.72 Å². The molecule has 22 heavy (non-hydrogen) atoms. The molecule has 1 aliphatic carbocycles. The van der Waals surface area contributed by atoms with Crippen LogP contribution in [0.25, 0.3) is 0 Å². The molecule has 6 nitrogen and oxygen atoms in total. The zero-order chi connectivity index (χ0) is 16.2. The number of nitrogens with two attached hydrogens (primary N) is 1. The van der Waals surface area contributed by atoms with Crippen molar-refractivity contribution >= 4 is 10.0 Å². The van der Waals surface area contributed by atoms with Crippen LogP contribution in [0.5, 0.6) is 5.75 Å². The summed E-state index contributed by atoms with van der Waals surface area (Å²) in [4.78, 5) is -0.230. The normalized spacial score (nSPS) is 16.5. The fraction of sp³-hybridized carbons (Fsp3) is 0.571. The van der Waals surface area contributed by atoms with E-state index < -0.39 is 15.8 Å². The Morgan fingerprint density at radius 2 is 2.14 bits per heavy atom. The molecule has 1 aromatic rings. The van der Waals surface area contributed by atoms with Crippen LogP contribution < -0.4 is 15.2 Å². The van der Waals surface area contributed by atoms with E-state index in [0.717, 1.165) is 25.0 Å². The molecule has 0 bridgehead atoms. The lowest BCUT2D eigenvalue weighted by atomic mass is 10.2. The molecule has 1 unspecified atom stereocenters. The molecule has 1 atom stereocenters. The van der Waals surface area contributed by atoms with E-state index in [1.807, 2.05) is 0 Å². The van der Waals surface area contributed by atoms with E-state index in [2.05, 4.69) is 4.72 Å². The molecule has 0 saturated heterocycles. The third-order valence-corrected chi connectivity index (χ3v) is 4.92. The average molecular weight is 332 g/mol. The molecule has 0 heterocycles. The summed E-state index contributed by atoms with van der Waals surface area (Å²) in [5.41, 5.74) is 5.88. The second kappa shape index (κ2) is 7.36. The monoisotopic (exact) mass is 332 g/mol. The molecule has 2 rings (SSSR count). The van der Waals surface area contributed by atoms with Crippen LogP contribution >= 0.6 is 0 Å². The largest absolute Gasteiger partial charge is 0.490 e. The van der Waals surface area contributed by atoms with Gasteiger partial charge >= 0.3 is 0 Å². The average Bonchev–Trinajstić information content (AvgIpc) is 3.31. The number of halogens is 1. The van der Waals surface area contributed by atoms with Crippen LogP contribution in [0.2, 0.25) is 0 Å². The van der Waals surface area contributed by atoms with Gasteiger partial charge in [-0.05, 0) is 37.0 Å². The maximum absolute atomic E-state index is 13.4. The lowest BCUT2D eigenvalue weighted by Gasteiger charge is -2.15. The Kier molecular flexibility index (Phi) is 5.74. The minimum atomic E-state index is -3.89. The number of methoxy groups -OCH3 is 1. The van der Waals surface area contributed by atoms with Crippen molar-refractivity contribution in [3.05, 3.63) is 24.0 Å². The summed E-state index contributed by atoms with van der Waals surface area (Å²) >= 11 is 0. The Balaban J connectivity index is 2.11. The van der Waals surface area contributed by atoms with E-state index in [1.54, 1.807) is 0 Å². The molecular formula is C14H21FN2O4S. The van der Waals surface area contributed by atoms with Crippen molar-refractivity contribution in [2.75, 3.05) is 26.9 Å². The SMILES string of the molecule is COCCOc1ccc(F)cc1S(=O)(=O)NCC(N)C1CC1. The number of rotatable bonds is 9. The molecule has 0 aromatic heterocycles. The van der Waals surface area contributed by atoms with Crippen LogP contribution in [0.4, 0.5) is 4.39 Å². The quantitative estimate of drug-likeness (QED) is 0.655. The standard InChI is InChI=1S/C14H21FN2O4S/c1-20-6-7-21-13-5-4-11(15)8-14(13)22(18,19)17-9-12(16)10-2-3-10/h4-5,8,10,12,17H,2-3,6-7,9,16H2,1H3. The first-order chi connectivity index (χ1) is 10.4. The van der Waals surface area contributed by atoms with Gasteiger partial charge in [-0.15, -0.1) is 0 Å². The molecule has 3 N–H and O–H groups in total. The van der Waals surface area contributed by atoms with Crippen LogP contribution in [0.1, 0.15) is 12.8 Å². The molecule has 1 aromatic carbocycles. The summed E-state index contributed by atoms with van der Waals surface area (Å²) in [6.45, 7) is 0.601. The van der Waals surface area contributed by atoms with Gasteiger partial charge in [-0.25, -0.2) is 17.5 Å². The van der Waals surface area contributed by atoms with Crippen LogP contribution in [0.3, 0.4) is 0 Å². The molecular weight excluding hydrogens is 311 g/mol. The Labute approximate surface area is 129 Å². The third-order valence-electron chi connectivity index (χ3n) is 3.48. The maximum atomic E-state index is 13.4. The van der Waals surface area contributed by atoms with Gasteiger partial charge in [-0.1, -0.05) is 0 Å². The summed E-state index contributed by atoms with van der Waals surface area (Å²) < 4.78 is 50.7. The van der Waals surface area contributed by atoms with E-state index >= 15 is 0 Å². The van der Waals surface area contributed by atoms with Gasteiger partial charge in [0, 0.05) is 19.7 Å². The maximum Gasteiger partial charge on any atom is 0.244 e. The Hall–Kier alpha value is -1.22. The van der Waals surface area contributed by atoms with Crippen LogP contribution in [-0.2, 0) is 14.8 Å². The van der Waals surface area contributed by atoms with Crippen molar-refractivity contribution in [1.29, 1.82) is 0 Å². The van der Waals surface area contributed by atoms with Crippen molar-refractivity contribution < 1.29 is 22.3 Å². The van der Waals surface area contributed by atoms with Crippen LogP contribution in [0.15, 0.2) is 23.1 Å². The summed E-state index contributed by atoms with van der Waals surface area (Å²) in [6, 6.07) is 3.16. The summed E-state index contributed by atoms with van der Waals surface area (Å²) in [7, 11) is -2.38. The molecule has 0 aliphatic heterocycles. The fourth-order valence-corrected chi connectivity index (χ4v) is 3.25. The topological polar surface area (TPSA) is 90.6 Å². The van der Waals surface area contributed by atoms with Gasteiger partial charge < -0.3 is 15.2 Å². The first-order valence-corrected chi connectivity index (χ1v) is 8.59. The molecule has 1 saturated carbocycles. The Morgan fingerprint density at radius 3 is 2.77 bits per heavy atom. The minimum absolute atomic E-state index is 0.0888. The highest BCUT2D eigenvalue weighted by Crippen LogP contribution is 2.31. The van der Waals surface area contributed by atoms with Crippen molar-refractivity contribution in [3.8, 4) is 5.75 Å². The fourth-order valence-electron chi connectivity index (χ4n) is 2.02.